The largest absolute Gasteiger partial charge is 0.480 e. The third kappa shape index (κ3) is 9.01. The number of imide groups is 1. The van der Waals surface area contributed by atoms with Gasteiger partial charge in [-0.05, 0) is 36.9 Å². The summed E-state index contributed by atoms with van der Waals surface area (Å²) in [7, 11) is 0. The van der Waals surface area contributed by atoms with Gasteiger partial charge in [0.1, 0.15) is 25.3 Å². The second-order valence-electron chi connectivity index (χ2n) is 7.83. The summed E-state index contributed by atoms with van der Waals surface area (Å²) in [5.74, 6) is -2.43. The van der Waals surface area contributed by atoms with Crippen LogP contribution in [0.15, 0.2) is 60.7 Å². The predicted octanol–water partition coefficient (Wildman–Crippen LogP) is 2.02. The Kier molecular flexibility index (Phi) is 11.9. The van der Waals surface area contributed by atoms with Gasteiger partial charge in [-0.2, -0.15) is 4.90 Å². The number of rotatable bonds is 13. The first kappa shape index (κ1) is 28.3. The minimum atomic E-state index is -1.63. The number of nitrogens with zero attached hydrogens (tertiary/aromatic N) is 1. The molecule has 0 aliphatic carbocycles. The van der Waals surface area contributed by atoms with Gasteiger partial charge in [-0.15, -0.1) is 0 Å². The van der Waals surface area contributed by atoms with Crippen LogP contribution in [0, 0.1) is 0 Å². The summed E-state index contributed by atoms with van der Waals surface area (Å²) in [6.45, 7) is -0.922. The summed E-state index contributed by atoms with van der Waals surface area (Å²) in [5.41, 5.74) is 6.85. The Balaban J connectivity index is 2.29. The molecule has 194 valence electrons. The summed E-state index contributed by atoms with van der Waals surface area (Å²) < 4.78 is 10.6. The number of aliphatic carboxylic acids is 1. The number of hydrogen-bond acceptors (Lipinski definition) is 8. The molecule has 0 saturated heterocycles. The number of ether oxygens (including phenoxy) is 2. The van der Waals surface area contributed by atoms with Crippen molar-refractivity contribution in [3.05, 3.63) is 71.8 Å². The first-order valence-corrected chi connectivity index (χ1v) is 11.4. The Morgan fingerprint density at radius 2 is 1.36 bits per heavy atom. The second-order valence-corrected chi connectivity index (χ2v) is 7.83. The van der Waals surface area contributed by atoms with Crippen molar-refractivity contribution >= 4 is 24.1 Å². The van der Waals surface area contributed by atoms with Gasteiger partial charge in [0, 0.05) is 0 Å². The van der Waals surface area contributed by atoms with Crippen molar-refractivity contribution in [2.45, 2.75) is 44.6 Å². The van der Waals surface area contributed by atoms with Crippen LogP contribution < -0.4 is 11.1 Å². The Morgan fingerprint density at radius 1 is 0.861 bits per heavy atom. The molecule has 0 aliphatic heterocycles. The lowest BCUT2D eigenvalue weighted by atomic mass is 10.1. The van der Waals surface area contributed by atoms with Crippen LogP contribution in [0.1, 0.15) is 30.4 Å². The smallest absolute Gasteiger partial charge is 0.420 e. The van der Waals surface area contributed by atoms with Crippen molar-refractivity contribution in [2.75, 3.05) is 13.2 Å². The number of unbranched alkanes of at least 4 members (excludes halogenated alkanes) is 1. The van der Waals surface area contributed by atoms with Gasteiger partial charge in [-0.1, -0.05) is 60.7 Å². The van der Waals surface area contributed by atoms with Crippen LogP contribution in [0.4, 0.5) is 9.59 Å². The molecule has 0 aromatic heterocycles. The van der Waals surface area contributed by atoms with Crippen molar-refractivity contribution < 1.29 is 38.9 Å². The van der Waals surface area contributed by atoms with Crippen LogP contribution in [-0.4, -0.2) is 64.4 Å². The maximum absolute atomic E-state index is 13.1. The minimum absolute atomic E-state index is 0.0261. The van der Waals surface area contributed by atoms with E-state index in [-0.39, 0.29) is 19.6 Å². The van der Waals surface area contributed by atoms with Crippen molar-refractivity contribution in [1.29, 1.82) is 0 Å². The van der Waals surface area contributed by atoms with E-state index in [1.54, 1.807) is 60.7 Å². The van der Waals surface area contributed by atoms with Gasteiger partial charge in [-0.25, -0.2) is 14.4 Å². The molecule has 0 saturated carbocycles. The van der Waals surface area contributed by atoms with Gasteiger partial charge in [0.15, 0.2) is 0 Å². The number of hydrogen-bond donors (Lipinski definition) is 4. The Bertz CT molecular complexity index is 932. The van der Waals surface area contributed by atoms with Crippen molar-refractivity contribution in [3.8, 4) is 0 Å². The van der Waals surface area contributed by atoms with Gasteiger partial charge in [0.05, 0.1) is 6.61 Å². The standard InChI is InChI=1S/C25H31N3O8/c26-14-8-7-13-21(22(30)27-20(15-29)23(31)32)28(24(33)35-16-18-9-3-1-4-10-18)25(34)36-17-19-11-5-2-6-12-19/h1-6,9-12,20-21,29H,7-8,13-17,26H2,(H,27,30)(H,31,32)/t20-,21+/m0/s1. The predicted molar refractivity (Wildman–Crippen MR) is 128 cm³/mol. The van der Waals surface area contributed by atoms with Crippen LogP contribution in [0.3, 0.4) is 0 Å². The Hall–Kier alpha value is -3.96. The molecule has 0 aliphatic rings. The van der Waals surface area contributed by atoms with Gasteiger partial charge in [0.25, 0.3) is 0 Å². The van der Waals surface area contributed by atoms with E-state index < -0.39 is 42.8 Å². The topological polar surface area (TPSA) is 168 Å². The molecule has 2 atom stereocenters. The van der Waals surface area contributed by atoms with Crippen LogP contribution >= 0.6 is 0 Å². The highest BCUT2D eigenvalue weighted by Gasteiger charge is 2.38. The fourth-order valence-corrected chi connectivity index (χ4v) is 3.22. The summed E-state index contributed by atoms with van der Waals surface area (Å²) in [5, 5.41) is 20.7. The molecule has 0 heterocycles. The van der Waals surface area contributed by atoms with E-state index in [1.807, 2.05) is 0 Å². The van der Waals surface area contributed by atoms with E-state index >= 15 is 0 Å². The molecule has 11 nitrogen and oxygen atoms in total. The van der Waals surface area contributed by atoms with Gasteiger partial charge in [-0.3, -0.25) is 4.79 Å². The molecule has 11 heteroatoms. The maximum atomic E-state index is 13.1. The van der Waals surface area contributed by atoms with Crippen LogP contribution in [-0.2, 0) is 32.3 Å². The highest BCUT2D eigenvalue weighted by atomic mass is 16.6. The van der Waals surface area contributed by atoms with Crippen molar-refractivity contribution in [2.24, 2.45) is 5.73 Å². The number of benzene rings is 2. The van der Waals surface area contributed by atoms with E-state index in [1.165, 1.54) is 0 Å². The van der Waals surface area contributed by atoms with E-state index in [0.29, 0.717) is 35.4 Å². The number of carbonyl (C=O) groups excluding carboxylic acids is 3. The second kappa shape index (κ2) is 15.1. The molecule has 0 fully saturated rings. The lowest BCUT2D eigenvalue weighted by molar-refractivity contribution is -0.143. The average Bonchev–Trinajstić information content (AvgIpc) is 2.89. The molecule has 0 radical (unpaired) electrons. The molecular weight excluding hydrogens is 470 g/mol. The van der Waals surface area contributed by atoms with Crippen molar-refractivity contribution in [3.63, 3.8) is 0 Å². The van der Waals surface area contributed by atoms with E-state index in [4.69, 9.17) is 15.2 Å². The molecule has 2 rings (SSSR count). The Labute approximate surface area is 208 Å². The molecular formula is C25H31N3O8. The number of carbonyl (C=O) groups is 4. The highest BCUT2D eigenvalue weighted by molar-refractivity contribution is 5.96. The lowest BCUT2D eigenvalue weighted by Gasteiger charge is -2.29. The third-order valence-corrected chi connectivity index (χ3v) is 5.15. The molecule has 36 heavy (non-hydrogen) atoms. The molecule has 5 N–H and O–H groups in total. The number of carboxylic acids is 1. The first-order chi connectivity index (χ1) is 17.4. The number of nitrogens with one attached hydrogen (secondary N) is 1. The van der Waals surface area contributed by atoms with E-state index in [9.17, 15) is 29.4 Å². The van der Waals surface area contributed by atoms with E-state index in [2.05, 4.69) is 5.32 Å². The number of aliphatic hydroxyl groups excluding tert-OH is 1. The quantitative estimate of drug-likeness (QED) is 0.300. The SMILES string of the molecule is NCCCC[C@H](C(=O)N[C@@H](CO)C(=O)O)N(C(=O)OCc1ccccc1)C(=O)OCc1ccccc1. The summed E-state index contributed by atoms with van der Waals surface area (Å²) in [6, 6.07) is 14.4. The summed E-state index contributed by atoms with van der Waals surface area (Å²) in [6.07, 6.45) is -1.47. The van der Waals surface area contributed by atoms with Crippen LogP contribution in [0.5, 0.6) is 0 Å². The molecule has 0 bridgehead atoms. The fraction of sp³-hybridized carbons (Fsp3) is 0.360. The first-order valence-electron chi connectivity index (χ1n) is 11.4. The monoisotopic (exact) mass is 501 g/mol. The number of carboxylic acid groups (broad SMARTS) is 1. The van der Waals surface area contributed by atoms with Gasteiger partial charge >= 0.3 is 18.2 Å². The molecule has 3 amide bonds. The normalized spacial score (nSPS) is 12.2. The molecule has 0 unspecified atom stereocenters. The zero-order chi connectivity index (χ0) is 26.3. The zero-order valence-corrected chi connectivity index (χ0v) is 19.7. The summed E-state index contributed by atoms with van der Waals surface area (Å²) >= 11 is 0. The van der Waals surface area contributed by atoms with Gasteiger partial charge in [0.2, 0.25) is 5.91 Å². The maximum Gasteiger partial charge on any atom is 0.420 e. The molecule has 0 spiro atoms. The zero-order valence-electron chi connectivity index (χ0n) is 19.7. The third-order valence-electron chi connectivity index (χ3n) is 5.15. The van der Waals surface area contributed by atoms with Crippen LogP contribution in [0.25, 0.3) is 0 Å². The molecule has 2 aromatic rings. The Morgan fingerprint density at radius 3 is 1.78 bits per heavy atom. The van der Waals surface area contributed by atoms with Crippen molar-refractivity contribution in [1.82, 2.24) is 10.2 Å². The van der Waals surface area contributed by atoms with Crippen LogP contribution in [0.2, 0.25) is 0 Å². The van der Waals surface area contributed by atoms with E-state index in [0.717, 1.165) is 0 Å². The number of nitrogens with two attached hydrogens (primary N) is 1. The lowest BCUT2D eigenvalue weighted by Crippen LogP contribution is -2.56. The number of aliphatic hydroxyl groups is 1. The molecule has 2 aromatic carbocycles. The summed E-state index contributed by atoms with van der Waals surface area (Å²) in [4.78, 5) is 51.0. The highest BCUT2D eigenvalue weighted by Crippen LogP contribution is 2.16. The fourth-order valence-electron chi connectivity index (χ4n) is 3.22. The minimum Gasteiger partial charge on any atom is -0.480 e. The van der Waals surface area contributed by atoms with Gasteiger partial charge < -0.3 is 30.7 Å². The number of amides is 3. The average molecular weight is 502 g/mol.